The van der Waals surface area contributed by atoms with Gasteiger partial charge < -0.3 is 10.1 Å². The molecule has 0 aliphatic heterocycles. The monoisotopic (exact) mass is 382 g/mol. The van der Waals surface area contributed by atoms with Gasteiger partial charge in [0.2, 0.25) is 5.91 Å². The minimum Gasteiger partial charge on any atom is -0.381 e. The molecular formula is C17H23ClN4O2S. The number of nitrogens with zero attached hydrogens (tertiary/aromatic N) is 2. The fraction of sp³-hybridized carbons (Fsp3) is 0.471. The Labute approximate surface area is 157 Å². The molecule has 0 bridgehead atoms. The van der Waals surface area contributed by atoms with E-state index in [4.69, 9.17) is 28.6 Å². The number of hydrogen-bond donors (Lipinski definition) is 2. The molecule has 1 heterocycles. The molecule has 0 aliphatic carbocycles. The number of amides is 1. The van der Waals surface area contributed by atoms with Crippen molar-refractivity contribution >= 4 is 29.7 Å². The number of H-pyrrole nitrogens is 1. The zero-order valence-electron chi connectivity index (χ0n) is 14.4. The molecule has 2 N–H and O–H groups in total. The van der Waals surface area contributed by atoms with E-state index < -0.39 is 0 Å². The SMILES string of the molecule is CC(C)COCCCNC(=O)Cn1c(-c2ccc(Cl)cc2)n[nH]c1=S. The number of halogens is 1. The smallest absolute Gasteiger partial charge is 0.240 e. The summed E-state index contributed by atoms with van der Waals surface area (Å²) < 4.78 is 7.56. The van der Waals surface area contributed by atoms with Crippen LogP contribution < -0.4 is 5.32 Å². The first-order chi connectivity index (χ1) is 12.0. The normalized spacial score (nSPS) is 11.0. The Morgan fingerprint density at radius 3 is 2.80 bits per heavy atom. The summed E-state index contributed by atoms with van der Waals surface area (Å²) in [5.41, 5.74) is 0.839. The highest BCUT2D eigenvalue weighted by Crippen LogP contribution is 2.19. The fourth-order valence-corrected chi connectivity index (χ4v) is 2.53. The third kappa shape index (κ3) is 6.26. The van der Waals surface area contributed by atoms with Crippen LogP contribution in [0.25, 0.3) is 11.4 Å². The second kappa shape index (κ2) is 9.70. The third-order valence-corrected chi connectivity index (χ3v) is 3.96. The second-order valence-electron chi connectivity index (χ2n) is 6.12. The van der Waals surface area contributed by atoms with E-state index in [0.717, 1.165) is 18.6 Å². The quantitative estimate of drug-likeness (QED) is 0.514. The van der Waals surface area contributed by atoms with Crippen molar-refractivity contribution in [2.24, 2.45) is 5.92 Å². The molecule has 1 amide bonds. The predicted molar refractivity (Wildman–Crippen MR) is 101 cm³/mol. The summed E-state index contributed by atoms with van der Waals surface area (Å²) in [6, 6.07) is 7.23. The largest absolute Gasteiger partial charge is 0.381 e. The number of hydrogen-bond acceptors (Lipinski definition) is 4. The van der Waals surface area contributed by atoms with Crippen molar-refractivity contribution in [2.45, 2.75) is 26.8 Å². The van der Waals surface area contributed by atoms with E-state index in [1.807, 2.05) is 12.1 Å². The van der Waals surface area contributed by atoms with Crippen LogP contribution in [0.5, 0.6) is 0 Å². The van der Waals surface area contributed by atoms with E-state index in [1.54, 1.807) is 16.7 Å². The standard InChI is InChI=1S/C17H23ClN4O2S/c1-12(2)11-24-9-3-8-19-15(23)10-22-16(20-21-17(22)25)13-4-6-14(18)7-5-13/h4-7,12H,3,8-11H2,1-2H3,(H,19,23)(H,21,25). The molecular weight excluding hydrogens is 360 g/mol. The second-order valence-corrected chi connectivity index (χ2v) is 6.94. The molecule has 1 aromatic heterocycles. The maximum atomic E-state index is 12.2. The molecule has 0 aliphatic rings. The summed E-state index contributed by atoms with van der Waals surface area (Å²) in [5.74, 6) is 1.01. The Morgan fingerprint density at radius 2 is 2.12 bits per heavy atom. The Kier molecular flexibility index (Phi) is 7.61. The number of nitrogens with one attached hydrogen (secondary N) is 2. The van der Waals surface area contributed by atoms with Crippen LogP contribution in [0.1, 0.15) is 20.3 Å². The van der Waals surface area contributed by atoms with Crippen LogP contribution in [0, 0.1) is 10.7 Å². The number of benzene rings is 1. The highest BCUT2D eigenvalue weighted by Gasteiger charge is 2.12. The van der Waals surface area contributed by atoms with Gasteiger partial charge in [0.1, 0.15) is 6.54 Å². The zero-order valence-corrected chi connectivity index (χ0v) is 16.0. The molecule has 25 heavy (non-hydrogen) atoms. The van der Waals surface area contributed by atoms with E-state index >= 15 is 0 Å². The predicted octanol–water partition coefficient (Wildman–Crippen LogP) is 3.44. The fourth-order valence-electron chi connectivity index (χ4n) is 2.20. The van der Waals surface area contributed by atoms with Crippen LogP contribution in [0.2, 0.25) is 5.02 Å². The number of aromatic nitrogens is 3. The molecule has 0 spiro atoms. The van der Waals surface area contributed by atoms with Crippen molar-refractivity contribution in [3.05, 3.63) is 34.1 Å². The molecule has 0 fully saturated rings. The van der Waals surface area contributed by atoms with Crippen LogP contribution in [0.3, 0.4) is 0 Å². The molecule has 136 valence electrons. The van der Waals surface area contributed by atoms with Gasteiger partial charge in [-0.1, -0.05) is 25.4 Å². The topological polar surface area (TPSA) is 71.9 Å². The summed E-state index contributed by atoms with van der Waals surface area (Å²) >= 11 is 11.1. The first kappa shape index (κ1) is 19.6. The van der Waals surface area contributed by atoms with Crippen molar-refractivity contribution in [1.29, 1.82) is 0 Å². The lowest BCUT2D eigenvalue weighted by atomic mass is 10.2. The van der Waals surface area contributed by atoms with Crippen molar-refractivity contribution in [3.63, 3.8) is 0 Å². The molecule has 1 aromatic carbocycles. The average molecular weight is 383 g/mol. The van der Waals surface area contributed by atoms with Crippen LogP contribution in [-0.2, 0) is 16.1 Å². The van der Waals surface area contributed by atoms with Gasteiger partial charge in [-0.3, -0.25) is 14.5 Å². The Morgan fingerprint density at radius 1 is 1.40 bits per heavy atom. The maximum absolute atomic E-state index is 12.2. The van der Waals surface area contributed by atoms with Gasteiger partial charge in [-0.15, -0.1) is 0 Å². The Balaban J connectivity index is 1.88. The number of aromatic amines is 1. The van der Waals surface area contributed by atoms with Gasteiger partial charge in [0.25, 0.3) is 0 Å². The van der Waals surface area contributed by atoms with Gasteiger partial charge >= 0.3 is 0 Å². The van der Waals surface area contributed by atoms with Gasteiger partial charge in [0.15, 0.2) is 10.6 Å². The number of carbonyl (C=O) groups is 1. The molecule has 0 radical (unpaired) electrons. The molecule has 0 atom stereocenters. The van der Waals surface area contributed by atoms with E-state index in [9.17, 15) is 4.79 Å². The molecule has 0 saturated carbocycles. The minimum atomic E-state index is -0.114. The van der Waals surface area contributed by atoms with Gasteiger partial charge in [0, 0.05) is 30.3 Å². The lowest BCUT2D eigenvalue weighted by molar-refractivity contribution is -0.121. The molecule has 0 saturated heterocycles. The number of ether oxygens (including phenoxy) is 1. The van der Waals surface area contributed by atoms with Crippen molar-refractivity contribution < 1.29 is 9.53 Å². The summed E-state index contributed by atoms with van der Waals surface area (Å²) in [6.45, 7) is 6.27. The third-order valence-electron chi connectivity index (χ3n) is 3.40. The summed E-state index contributed by atoms with van der Waals surface area (Å²) in [6.07, 6.45) is 0.777. The van der Waals surface area contributed by atoms with Gasteiger partial charge in [-0.25, -0.2) is 0 Å². The Bertz CT molecular complexity index is 740. The molecule has 6 nitrogen and oxygen atoms in total. The van der Waals surface area contributed by atoms with Gasteiger partial charge in [-0.2, -0.15) is 5.10 Å². The van der Waals surface area contributed by atoms with Gasteiger partial charge in [0.05, 0.1) is 0 Å². The summed E-state index contributed by atoms with van der Waals surface area (Å²) in [4.78, 5) is 12.2. The first-order valence-electron chi connectivity index (χ1n) is 8.23. The van der Waals surface area contributed by atoms with E-state index in [0.29, 0.717) is 34.7 Å². The minimum absolute atomic E-state index is 0.111. The van der Waals surface area contributed by atoms with E-state index in [1.165, 1.54) is 0 Å². The van der Waals surface area contributed by atoms with Crippen molar-refractivity contribution in [2.75, 3.05) is 19.8 Å². The number of carbonyl (C=O) groups excluding carboxylic acids is 1. The highest BCUT2D eigenvalue weighted by atomic mass is 35.5. The maximum Gasteiger partial charge on any atom is 0.240 e. The summed E-state index contributed by atoms with van der Waals surface area (Å²) in [5, 5.41) is 10.5. The average Bonchev–Trinajstić information content (AvgIpc) is 2.92. The molecule has 2 rings (SSSR count). The molecule has 0 unspecified atom stereocenters. The van der Waals surface area contributed by atoms with Crippen LogP contribution in [0.4, 0.5) is 0 Å². The lowest BCUT2D eigenvalue weighted by Crippen LogP contribution is -2.29. The van der Waals surface area contributed by atoms with Gasteiger partial charge in [-0.05, 0) is 48.8 Å². The van der Waals surface area contributed by atoms with Crippen LogP contribution in [0.15, 0.2) is 24.3 Å². The zero-order chi connectivity index (χ0) is 18.2. The molecule has 8 heteroatoms. The Hall–Kier alpha value is -1.70. The van der Waals surface area contributed by atoms with Crippen LogP contribution in [-0.4, -0.2) is 40.4 Å². The first-order valence-corrected chi connectivity index (χ1v) is 9.01. The summed E-state index contributed by atoms with van der Waals surface area (Å²) in [7, 11) is 0. The van der Waals surface area contributed by atoms with Crippen molar-refractivity contribution in [3.8, 4) is 11.4 Å². The molecule has 2 aromatic rings. The highest BCUT2D eigenvalue weighted by molar-refractivity contribution is 7.71. The van der Waals surface area contributed by atoms with E-state index in [-0.39, 0.29) is 12.5 Å². The van der Waals surface area contributed by atoms with Crippen molar-refractivity contribution in [1.82, 2.24) is 20.1 Å². The van der Waals surface area contributed by atoms with E-state index in [2.05, 4.69) is 29.4 Å². The lowest BCUT2D eigenvalue weighted by Gasteiger charge is -2.09. The number of rotatable bonds is 9. The van der Waals surface area contributed by atoms with Crippen LogP contribution >= 0.6 is 23.8 Å².